The number of rotatable bonds is 4. The lowest BCUT2D eigenvalue weighted by Crippen LogP contribution is -2.29. The molecule has 0 saturated heterocycles. The lowest BCUT2D eigenvalue weighted by molar-refractivity contribution is 0.348. The van der Waals surface area contributed by atoms with Crippen molar-refractivity contribution < 1.29 is 17.2 Å². The van der Waals surface area contributed by atoms with Gasteiger partial charge in [0.05, 0.1) is 10.9 Å². The largest absolute Gasteiger partial charge is 0.459 e. The zero-order valence-corrected chi connectivity index (χ0v) is 13.5. The van der Waals surface area contributed by atoms with Crippen molar-refractivity contribution in [3.63, 3.8) is 0 Å². The number of hydrogen-bond donors (Lipinski definition) is 0. The van der Waals surface area contributed by atoms with Gasteiger partial charge in [-0.05, 0) is 43.3 Å². The Morgan fingerprint density at radius 2 is 1.74 bits per heavy atom. The molecular formula is C17H16FNO3S. The molecule has 120 valence electrons. The van der Waals surface area contributed by atoms with Crippen LogP contribution in [0.4, 0.5) is 4.39 Å². The van der Waals surface area contributed by atoms with Crippen LogP contribution >= 0.6 is 0 Å². The minimum absolute atomic E-state index is 0.0457. The minimum Gasteiger partial charge on any atom is -0.459 e. The molecule has 4 nitrogen and oxygen atoms in total. The number of fused-ring (bicyclic) bond motifs is 1. The second-order valence-electron chi connectivity index (χ2n) is 5.34. The Morgan fingerprint density at radius 3 is 2.39 bits per heavy atom. The van der Waals surface area contributed by atoms with Gasteiger partial charge < -0.3 is 4.42 Å². The third kappa shape index (κ3) is 2.87. The summed E-state index contributed by atoms with van der Waals surface area (Å²) in [7, 11) is -2.25. The Kier molecular flexibility index (Phi) is 3.95. The Bertz CT molecular complexity index is 899. The number of sulfonamides is 1. The Labute approximate surface area is 134 Å². The molecule has 0 radical (unpaired) electrons. The first kappa shape index (κ1) is 15.7. The van der Waals surface area contributed by atoms with Crippen LogP contribution in [0.3, 0.4) is 0 Å². The fraction of sp³-hybridized carbons (Fsp3) is 0.176. The molecule has 0 unspecified atom stereocenters. The van der Waals surface area contributed by atoms with E-state index >= 15 is 0 Å². The van der Waals surface area contributed by atoms with Gasteiger partial charge in [-0.15, -0.1) is 0 Å². The van der Waals surface area contributed by atoms with Crippen molar-refractivity contribution in [2.45, 2.75) is 17.9 Å². The molecule has 23 heavy (non-hydrogen) atoms. The third-order valence-electron chi connectivity index (χ3n) is 3.89. The van der Waals surface area contributed by atoms with E-state index in [4.69, 9.17) is 4.42 Å². The number of furan rings is 1. The van der Waals surface area contributed by atoms with Crippen molar-refractivity contribution in [2.75, 3.05) is 7.05 Å². The fourth-order valence-corrected chi connectivity index (χ4v) is 3.70. The summed E-state index contributed by atoms with van der Waals surface area (Å²) in [4.78, 5) is 0.0457. The first-order valence-electron chi connectivity index (χ1n) is 7.11. The summed E-state index contributed by atoms with van der Waals surface area (Å²) >= 11 is 0. The van der Waals surface area contributed by atoms with Gasteiger partial charge in [0.25, 0.3) is 0 Å². The molecule has 3 aromatic rings. The van der Waals surface area contributed by atoms with Gasteiger partial charge in [0, 0.05) is 12.4 Å². The van der Waals surface area contributed by atoms with Crippen molar-refractivity contribution in [3.05, 3.63) is 66.2 Å². The first-order valence-corrected chi connectivity index (χ1v) is 8.55. The quantitative estimate of drug-likeness (QED) is 0.726. The smallest absolute Gasteiger partial charge is 0.243 e. The molecule has 1 atom stereocenters. The number of benzene rings is 2. The van der Waals surface area contributed by atoms with Crippen molar-refractivity contribution in [1.82, 2.24) is 4.31 Å². The summed E-state index contributed by atoms with van der Waals surface area (Å²) < 4.78 is 45.2. The molecule has 0 aliphatic carbocycles. The minimum atomic E-state index is -3.73. The summed E-state index contributed by atoms with van der Waals surface area (Å²) in [6.45, 7) is 1.75. The second kappa shape index (κ2) is 5.79. The summed E-state index contributed by atoms with van der Waals surface area (Å²) in [5.74, 6) is 0.0799. The van der Waals surface area contributed by atoms with Crippen molar-refractivity contribution in [1.29, 1.82) is 0 Å². The Hall–Kier alpha value is -2.18. The van der Waals surface area contributed by atoms with Crippen LogP contribution in [-0.2, 0) is 10.0 Å². The maximum absolute atomic E-state index is 13.0. The molecule has 0 amide bonds. The second-order valence-corrected chi connectivity index (χ2v) is 7.34. The molecule has 0 bridgehead atoms. The van der Waals surface area contributed by atoms with Crippen LogP contribution in [0.15, 0.2) is 63.9 Å². The molecule has 0 aliphatic heterocycles. The topological polar surface area (TPSA) is 50.5 Å². The summed E-state index contributed by atoms with van der Waals surface area (Å²) in [5.41, 5.74) is 0.710. The van der Waals surface area contributed by atoms with Gasteiger partial charge in [-0.2, -0.15) is 4.31 Å². The highest BCUT2D eigenvalue weighted by Crippen LogP contribution is 2.30. The molecular weight excluding hydrogens is 317 g/mol. The highest BCUT2D eigenvalue weighted by atomic mass is 32.2. The molecule has 2 aromatic carbocycles. The van der Waals surface area contributed by atoms with Gasteiger partial charge in [0.1, 0.15) is 17.2 Å². The monoisotopic (exact) mass is 333 g/mol. The number of hydrogen-bond acceptors (Lipinski definition) is 3. The van der Waals surface area contributed by atoms with Crippen LogP contribution < -0.4 is 0 Å². The van der Waals surface area contributed by atoms with Crippen molar-refractivity contribution in [2.24, 2.45) is 0 Å². The number of halogens is 1. The molecule has 0 saturated carbocycles. The fourth-order valence-electron chi connectivity index (χ4n) is 2.37. The van der Waals surface area contributed by atoms with Crippen LogP contribution in [0.2, 0.25) is 0 Å². The van der Waals surface area contributed by atoms with Gasteiger partial charge in [-0.1, -0.05) is 18.2 Å². The SMILES string of the molecule is C[C@H](c1cc2ccccc2o1)N(C)S(=O)(=O)c1ccc(F)cc1. The highest BCUT2D eigenvalue weighted by molar-refractivity contribution is 7.89. The van der Waals surface area contributed by atoms with E-state index in [1.54, 1.807) is 6.92 Å². The molecule has 0 spiro atoms. The number of para-hydroxylation sites is 1. The van der Waals surface area contributed by atoms with E-state index in [0.29, 0.717) is 11.3 Å². The van der Waals surface area contributed by atoms with Gasteiger partial charge in [-0.25, -0.2) is 12.8 Å². The molecule has 3 rings (SSSR count). The van der Waals surface area contributed by atoms with E-state index in [9.17, 15) is 12.8 Å². The van der Waals surface area contributed by atoms with Crippen molar-refractivity contribution >= 4 is 21.0 Å². The Balaban J connectivity index is 1.94. The van der Waals surface area contributed by atoms with Crippen LogP contribution in [0.25, 0.3) is 11.0 Å². The molecule has 0 N–H and O–H groups in total. The van der Waals surface area contributed by atoms with E-state index in [1.165, 1.54) is 23.5 Å². The summed E-state index contributed by atoms with van der Waals surface area (Å²) in [6.07, 6.45) is 0. The van der Waals surface area contributed by atoms with Gasteiger partial charge in [0.2, 0.25) is 10.0 Å². The summed E-state index contributed by atoms with van der Waals surface area (Å²) in [6, 6.07) is 13.6. The van der Waals surface area contributed by atoms with Crippen LogP contribution in [0, 0.1) is 5.82 Å². The zero-order chi connectivity index (χ0) is 16.6. The van der Waals surface area contributed by atoms with E-state index in [0.717, 1.165) is 17.5 Å². The predicted molar refractivity (Wildman–Crippen MR) is 86.0 cm³/mol. The predicted octanol–water partition coefficient (Wildman–Crippen LogP) is 3.95. The highest BCUT2D eigenvalue weighted by Gasteiger charge is 2.28. The van der Waals surface area contributed by atoms with Gasteiger partial charge in [0.15, 0.2) is 0 Å². The first-order chi connectivity index (χ1) is 10.9. The molecule has 0 aliphatic rings. The van der Waals surface area contributed by atoms with Crippen LogP contribution in [-0.4, -0.2) is 19.8 Å². The molecule has 0 fully saturated rings. The average Bonchev–Trinajstić information content (AvgIpc) is 2.98. The van der Waals surface area contributed by atoms with Gasteiger partial charge in [-0.3, -0.25) is 0 Å². The number of nitrogens with zero attached hydrogens (tertiary/aromatic N) is 1. The van der Waals surface area contributed by atoms with E-state index in [2.05, 4.69) is 0 Å². The molecule has 6 heteroatoms. The molecule has 1 heterocycles. The van der Waals surface area contributed by atoms with E-state index in [1.807, 2.05) is 30.3 Å². The maximum Gasteiger partial charge on any atom is 0.243 e. The van der Waals surface area contributed by atoms with Gasteiger partial charge >= 0.3 is 0 Å². The van der Waals surface area contributed by atoms with Crippen LogP contribution in [0.1, 0.15) is 18.7 Å². The summed E-state index contributed by atoms with van der Waals surface area (Å²) in [5, 5.41) is 0.918. The van der Waals surface area contributed by atoms with Crippen molar-refractivity contribution in [3.8, 4) is 0 Å². The zero-order valence-electron chi connectivity index (χ0n) is 12.7. The molecule has 1 aromatic heterocycles. The lowest BCUT2D eigenvalue weighted by atomic mass is 10.2. The van der Waals surface area contributed by atoms with E-state index in [-0.39, 0.29) is 4.90 Å². The maximum atomic E-state index is 13.0. The standard InChI is InChI=1S/C17H16FNO3S/c1-12(17-11-13-5-3-4-6-16(13)22-17)19(2)23(20,21)15-9-7-14(18)8-10-15/h3-12H,1-2H3/t12-/m1/s1. The normalized spacial score (nSPS) is 13.6. The third-order valence-corrected chi connectivity index (χ3v) is 5.83. The van der Waals surface area contributed by atoms with E-state index < -0.39 is 21.9 Å². The average molecular weight is 333 g/mol. The Morgan fingerprint density at radius 1 is 1.09 bits per heavy atom. The van der Waals surface area contributed by atoms with Crippen LogP contribution in [0.5, 0.6) is 0 Å². The lowest BCUT2D eigenvalue weighted by Gasteiger charge is -2.22.